The second kappa shape index (κ2) is 8.70. The zero-order chi connectivity index (χ0) is 18.5. The van der Waals surface area contributed by atoms with Gasteiger partial charge in [0.25, 0.3) is 0 Å². The van der Waals surface area contributed by atoms with Crippen molar-refractivity contribution in [1.29, 1.82) is 0 Å². The molecule has 2 aliphatic heterocycles. The molecule has 0 aromatic carbocycles. The van der Waals surface area contributed by atoms with Gasteiger partial charge in [-0.05, 0) is 68.4 Å². The van der Waals surface area contributed by atoms with E-state index in [0.717, 1.165) is 76.5 Å². The summed E-state index contributed by atoms with van der Waals surface area (Å²) in [4.78, 5) is 18.7. The molecular weight excluding hydrogens is 340 g/mol. The highest BCUT2D eigenvalue weighted by molar-refractivity contribution is 5.78. The summed E-state index contributed by atoms with van der Waals surface area (Å²) >= 11 is 0. The van der Waals surface area contributed by atoms with Crippen LogP contribution < -0.4 is 0 Å². The predicted octanol–water partition coefficient (Wildman–Crippen LogP) is 3.23. The van der Waals surface area contributed by atoms with Crippen LogP contribution in [0.3, 0.4) is 0 Å². The van der Waals surface area contributed by atoms with Crippen molar-refractivity contribution in [1.82, 2.24) is 9.88 Å². The molecule has 1 atom stereocenters. The largest absolute Gasteiger partial charge is 0.381 e. The van der Waals surface area contributed by atoms with E-state index in [2.05, 4.69) is 4.98 Å². The van der Waals surface area contributed by atoms with Gasteiger partial charge in [-0.3, -0.25) is 9.78 Å². The number of carbonyl (C=O) groups excluding carboxylic acids is 1. The van der Waals surface area contributed by atoms with Crippen LogP contribution >= 0.6 is 0 Å². The fraction of sp³-hybridized carbons (Fsp3) is 0.727. The average molecular weight is 373 g/mol. The van der Waals surface area contributed by atoms with Gasteiger partial charge in [-0.15, -0.1) is 0 Å². The topological polar surface area (TPSA) is 51.7 Å². The smallest absolute Gasteiger partial charge is 0.227 e. The van der Waals surface area contributed by atoms with Gasteiger partial charge < -0.3 is 14.4 Å². The van der Waals surface area contributed by atoms with Gasteiger partial charge >= 0.3 is 0 Å². The Morgan fingerprint density at radius 3 is 2.85 bits per heavy atom. The molecule has 1 amide bonds. The van der Waals surface area contributed by atoms with E-state index < -0.39 is 0 Å². The van der Waals surface area contributed by atoms with Crippen molar-refractivity contribution >= 4 is 5.91 Å². The van der Waals surface area contributed by atoms with E-state index in [1.807, 2.05) is 17.0 Å². The number of hydrogen-bond acceptors (Lipinski definition) is 4. The van der Waals surface area contributed by atoms with E-state index in [4.69, 9.17) is 9.47 Å². The van der Waals surface area contributed by atoms with Gasteiger partial charge in [-0.2, -0.15) is 0 Å². The summed E-state index contributed by atoms with van der Waals surface area (Å²) in [6.07, 6.45) is 12.0. The lowest BCUT2D eigenvalue weighted by molar-refractivity contribution is -0.147. The molecule has 5 heteroatoms. The van der Waals surface area contributed by atoms with Gasteiger partial charge in [-0.25, -0.2) is 0 Å². The molecule has 1 unspecified atom stereocenters. The second-order valence-corrected chi connectivity index (χ2v) is 8.62. The Morgan fingerprint density at radius 1 is 1.26 bits per heavy atom. The van der Waals surface area contributed by atoms with Gasteiger partial charge in [0.1, 0.15) is 0 Å². The van der Waals surface area contributed by atoms with Crippen molar-refractivity contribution in [2.24, 2.45) is 11.8 Å². The number of aromatic nitrogens is 1. The van der Waals surface area contributed by atoms with Crippen LogP contribution in [-0.4, -0.2) is 54.3 Å². The van der Waals surface area contributed by atoms with Gasteiger partial charge in [0.15, 0.2) is 0 Å². The van der Waals surface area contributed by atoms with Crippen LogP contribution in [0.25, 0.3) is 0 Å². The molecule has 1 spiro atoms. The molecule has 0 N–H and O–H groups in total. The average Bonchev–Trinajstić information content (AvgIpc) is 3.51. The van der Waals surface area contributed by atoms with Crippen LogP contribution in [0, 0.1) is 11.8 Å². The van der Waals surface area contributed by atoms with Gasteiger partial charge in [0, 0.05) is 45.3 Å². The first-order chi connectivity index (χ1) is 13.2. The molecule has 148 valence electrons. The monoisotopic (exact) mass is 372 g/mol. The maximum atomic E-state index is 12.6. The van der Waals surface area contributed by atoms with Crippen molar-refractivity contribution in [3.8, 4) is 0 Å². The summed E-state index contributed by atoms with van der Waals surface area (Å²) in [5.41, 5.74) is 0.979. The van der Waals surface area contributed by atoms with Crippen molar-refractivity contribution in [2.45, 2.75) is 57.0 Å². The molecule has 3 heterocycles. The van der Waals surface area contributed by atoms with E-state index in [9.17, 15) is 4.79 Å². The summed E-state index contributed by atoms with van der Waals surface area (Å²) in [7, 11) is 0. The first-order valence-corrected chi connectivity index (χ1v) is 10.6. The van der Waals surface area contributed by atoms with Gasteiger partial charge in [-0.1, -0.05) is 6.07 Å². The number of likely N-dealkylation sites (tertiary alicyclic amines) is 1. The number of ether oxygens (including phenoxy) is 2. The van der Waals surface area contributed by atoms with Crippen molar-refractivity contribution in [3.63, 3.8) is 0 Å². The lowest BCUT2D eigenvalue weighted by Crippen LogP contribution is -2.51. The Labute approximate surface area is 162 Å². The van der Waals surface area contributed by atoms with Crippen molar-refractivity contribution in [3.05, 3.63) is 30.1 Å². The van der Waals surface area contributed by atoms with Crippen LogP contribution in [0.15, 0.2) is 24.5 Å². The first kappa shape index (κ1) is 18.9. The SMILES string of the molecule is O=C(Cc1cccnc1)N1CCC2(CC1)CC(CCOCC1CC1)CCO2. The molecule has 3 fully saturated rings. The van der Waals surface area contributed by atoms with Crippen LogP contribution in [-0.2, 0) is 20.7 Å². The summed E-state index contributed by atoms with van der Waals surface area (Å²) < 4.78 is 12.1. The van der Waals surface area contributed by atoms with Crippen LogP contribution in [0.4, 0.5) is 0 Å². The van der Waals surface area contributed by atoms with Crippen molar-refractivity contribution in [2.75, 3.05) is 32.9 Å². The lowest BCUT2D eigenvalue weighted by atomic mass is 9.78. The minimum Gasteiger partial charge on any atom is -0.381 e. The molecule has 27 heavy (non-hydrogen) atoms. The van der Waals surface area contributed by atoms with E-state index in [0.29, 0.717) is 12.3 Å². The third-order valence-electron chi connectivity index (χ3n) is 6.42. The fourth-order valence-corrected chi connectivity index (χ4v) is 4.46. The highest BCUT2D eigenvalue weighted by Crippen LogP contribution is 2.39. The molecule has 1 aromatic rings. The Morgan fingerprint density at radius 2 is 2.11 bits per heavy atom. The zero-order valence-electron chi connectivity index (χ0n) is 16.3. The molecule has 2 saturated heterocycles. The Kier molecular flexibility index (Phi) is 6.08. The maximum absolute atomic E-state index is 12.6. The van der Waals surface area contributed by atoms with Crippen LogP contribution in [0.2, 0.25) is 0 Å². The van der Waals surface area contributed by atoms with Crippen molar-refractivity contribution < 1.29 is 14.3 Å². The third-order valence-corrected chi connectivity index (χ3v) is 6.42. The Hall–Kier alpha value is -1.46. The summed E-state index contributed by atoms with van der Waals surface area (Å²) in [5.74, 6) is 1.76. The van der Waals surface area contributed by atoms with Crippen LogP contribution in [0.5, 0.6) is 0 Å². The molecule has 1 aliphatic carbocycles. The quantitative estimate of drug-likeness (QED) is 0.690. The summed E-state index contributed by atoms with van der Waals surface area (Å²) in [5, 5.41) is 0. The Bertz CT molecular complexity index is 609. The molecule has 1 saturated carbocycles. The molecule has 0 radical (unpaired) electrons. The van der Waals surface area contributed by atoms with Gasteiger partial charge in [0.05, 0.1) is 12.0 Å². The third kappa shape index (κ3) is 5.29. The predicted molar refractivity (Wildman–Crippen MR) is 103 cm³/mol. The molecule has 4 rings (SSSR count). The number of piperidine rings is 1. The molecule has 0 bridgehead atoms. The van der Waals surface area contributed by atoms with Gasteiger partial charge in [0.2, 0.25) is 5.91 Å². The molecule has 1 aromatic heterocycles. The lowest BCUT2D eigenvalue weighted by Gasteiger charge is -2.46. The number of amides is 1. The zero-order valence-corrected chi connectivity index (χ0v) is 16.3. The molecule has 5 nitrogen and oxygen atoms in total. The fourth-order valence-electron chi connectivity index (χ4n) is 4.46. The van der Waals surface area contributed by atoms with E-state index >= 15 is 0 Å². The number of nitrogens with zero attached hydrogens (tertiary/aromatic N) is 2. The highest BCUT2D eigenvalue weighted by Gasteiger charge is 2.40. The maximum Gasteiger partial charge on any atom is 0.227 e. The Balaban J connectivity index is 1.21. The molecular formula is C22H32N2O3. The number of hydrogen-bond donors (Lipinski definition) is 0. The second-order valence-electron chi connectivity index (χ2n) is 8.62. The van der Waals surface area contributed by atoms with E-state index in [1.165, 1.54) is 12.8 Å². The normalized spacial score (nSPS) is 24.9. The summed E-state index contributed by atoms with van der Waals surface area (Å²) in [6, 6.07) is 3.86. The van der Waals surface area contributed by atoms with E-state index in [-0.39, 0.29) is 11.5 Å². The summed E-state index contributed by atoms with van der Waals surface area (Å²) in [6.45, 7) is 4.33. The van der Waals surface area contributed by atoms with E-state index in [1.54, 1.807) is 12.4 Å². The number of pyridine rings is 1. The highest BCUT2D eigenvalue weighted by atomic mass is 16.5. The van der Waals surface area contributed by atoms with Crippen LogP contribution in [0.1, 0.15) is 50.5 Å². The standard InChI is InChI=1S/C22H32N2O3/c25-21(14-20-2-1-9-23-16-20)24-10-7-22(8-11-24)15-18(6-13-27-22)5-12-26-17-19-3-4-19/h1-2,9,16,18-19H,3-8,10-15,17H2. The number of rotatable bonds is 7. The first-order valence-electron chi connectivity index (χ1n) is 10.6. The molecule has 3 aliphatic rings. The number of carbonyl (C=O) groups is 1. The minimum atomic E-state index is -0.00943. The minimum absolute atomic E-state index is 0.00943.